The number of hydrogen-bond donors (Lipinski definition) is 1. The van der Waals surface area contributed by atoms with E-state index in [1.807, 2.05) is 13.8 Å². The number of rotatable bonds is 6. The van der Waals surface area contributed by atoms with Crippen LogP contribution < -0.4 is 5.73 Å². The topological polar surface area (TPSA) is 35.2 Å². The molecule has 0 rings (SSSR count). The quantitative estimate of drug-likeness (QED) is 0.668. The summed E-state index contributed by atoms with van der Waals surface area (Å²) >= 11 is 0. The highest BCUT2D eigenvalue weighted by molar-refractivity contribution is 4.62. The second-order valence-electron chi connectivity index (χ2n) is 4.10. The van der Waals surface area contributed by atoms with Crippen molar-refractivity contribution in [3.05, 3.63) is 0 Å². The molecule has 2 nitrogen and oxygen atoms in total. The van der Waals surface area contributed by atoms with Gasteiger partial charge in [0.2, 0.25) is 0 Å². The third-order valence-electron chi connectivity index (χ3n) is 1.71. The third-order valence-corrected chi connectivity index (χ3v) is 1.71. The summed E-state index contributed by atoms with van der Waals surface area (Å²) in [6.07, 6.45) is 2.41. The van der Waals surface area contributed by atoms with E-state index in [4.69, 9.17) is 10.5 Å². The monoisotopic (exact) mass is 173 g/mol. The molecule has 2 N–H and O–H groups in total. The minimum absolute atomic E-state index is 0.309. The van der Waals surface area contributed by atoms with Crippen LogP contribution in [0, 0.1) is 5.92 Å². The van der Waals surface area contributed by atoms with Crippen LogP contribution in [0.1, 0.15) is 40.5 Å². The predicted molar refractivity (Wildman–Crippen MR) is 53.1 cm³/mol. The van der Waals surface area contributed by atoms with Crippen molar-refractivity contribution in [1.82, 2.24) is 0 Å². The van der Waals surface area contributed by atoms with Crippen LogP contribution in [-0.2, 0) is 4.74 Å². The highest BCUT2D eigenvalue weighted by Crippen LogP contribution is 2.05. The lowest BCUT2D eigenvalue weighted by molar-refractivity contribution is 0.0726. The Balaban J connectivity index is 3.25. The smallest absolute Gasteiger partial charge is 0.0518 e. The summed E-state index contributed by atoms with van der Waals surface area (Å²) < 4.78 is 5.41. The van der Waals surface area contributed by atoms with Gasteiger partial charge in [-0.25, -0.2) is 0 Å². The molecule has 0 saturated heterocycles. The molecule has 0 saturated carbocycles. The summed E-state index contributed by atoms with van der Waals surface area (Å²) in [6, 6.07) is 0.309. The Morgan fingerprint density at radius 2 is 1.75 bits per heavy atom. The standard InChI is InChI=1S/C10H23NO/c1-8(2)7-10(11)5-6-12-9(3)4/h8-10H,5-7,11H2,1-4H3. The summed E-state index contributed by atoms with van der Waals surface area (Å²) in [7, 11) is 0. The van der Waals surface area contributed by atoms with Gasteiger partial charge in [-0.1, -0.05) is 13.8 Å². The Bertz CT molecular complexity index is 102. The SMILES string of the molecule is CC(C)CC(N)CCOC(C)C. The molecule has 12 heavy (non-hydrogen) atoms. The van der Waals surface area contributed by atoms with E-state index >= 15 is 0 Å². The molecule has 0 aliphatic carbocycles. The van der Waals surface area contributed by atoms with Gasteiger partial charge in [0, 0.05) is 12.6 Å². The van der Waals surface area contributed by atoms with Gasteiger partial charge >= 0.3 is 0 Å². The van der Waals surface area contributed by atoms with Crippen molar-refractivity contribution in [3.63, 3.8) is 0 Å². The normalized spacial score (nSPS) is 14.2. The highest BCUT2D eigenvalue weighted by atomic mass is 16.5. The Kier molecular flexibility index (Phi) is 6.39. The van der Waals surface area contributed by atoms with E-state index in [1.165, 1.54) is 0 Å². The lowest BCUT2D eigenvalue weighted by Gasteiger charge is -2.14. The summed E-state index contributed by atoms with van der Waals surface area (Å²) in [5.41, 5.74) is 5.88. The molecule has 0 aromatic heterocycles. The van der Waals surface area contributed by atoms with Gasteiger partial charge in [-0.3, -0.25) is 0 Å². The van der Waals surface area contributed by atoms with Gasteiger partial charge in [-0.15, -0.1) is 0 Å². The Morgan fingerprint density at radius 3 is 2.17 bits per heavy atom. The maximum Gasteiger partial charge on any atom is 0.0518 e. The summed E-state index contributed by atoms with van der Waals surface area (Å²) in [6.45, 7) is 9.29. The van der Waals surface area contributed by atoms with Crippen LogP contribution in [0.3, 0.4) is 0 Å². The van der Waals surface area contributed by atoms with Gasteiger partial charge in [0.05, 0.1) is 6.10 Å². The second-order valence-corrected chi connectivity index (χ2v) is 4.10. The zero-order chi connectivity index (χ0) is 9.56. The van der Waals surface area contributed by atoms with Gasteiger partial charge in [0.15, 0.2) is 0 Å². The molecule has 0 aliphatic heterocycles. The van der Waals surface area contributed by atoms with Gasteiger partial charge in [-0.2, -0.15) is 0 Å². The van der Waals surface area contributed by atoms with E-state index in [-0.39, 0.29) is 0 Å². The van der Waals surface area contributed by atoms with Crippen molar-refractivity contribution in [2.24, 2.45) is 11.7 Å². The molecular weight excluding hydrogens is 150 g/mol. The minimum Gasteiger partial charge on any atom is -0.379 e. The van der Waals surface area contributed by atoms with E-state index in [0.29, 0.717) is 18.1 Å². The first-order valence-electron chi connectivity index (χ1n) is 4.89. The van der Waals surface area contributed by atoms with E-state index in [1.54, 1.807) is 0 Å². The third kappa shape index (κ3) is 8.02. The molecule has 0 bridgehead atoms. The Labute approximate surface area is 76.5 Å². The number of ether oxygens (including phenoxy) is 1. The molecule has 0 fully saturated rings. The van der Waals surface area contributed by atoms with E-state index in [9.17, 15) is 0 Å². The van der Waals surface area contributed by atoms with Crippen LogP contribution in [0.5, 0.6) is 0 Å². The molecule has 0 amide bonds. The zero-order valence-corrected chi connectivity index (χ0v) is 8.84. The Morgan fingerprint density at radius 1 is 1.17 bits per heavy atom. The van der Waals surface area contributed by atoms with Gasteiger partial charge in [0.25, 0.3) is 0 Å². The first kappa shape index (κ1) is 11.9. The van der Waals surface area contributed by atoms with Crippen LogP contribution >= 0.6 is 0 Å². The summed E-state index contributed by atoms with van der Waals surface area (Å²) in [4.78, 5) is 0. The van der Waals surface area contributed by atoms with E-state index in [0.717, 1.165) is 19.4 Å². The largest absolute Gasteiger partial charge is 0.379 e. The van der Waals surface area contributed by atoms with Crippen LogP contribution in [0.4, 0.5) is 0 Å². The van der Waals surface area contributed by atoms with Crippen LogP contribution in [0.25, 0.3) is 0 Å². The fourth-order valence-corrected chi connectivity index (χ4v) is 1.18. The molecule has 1 atom stereocenters. The maximum absolute atomic E-state index is 5.88. The molecule has 0 aromatic carbocycles. The Hall–Kier alpha value is -0.0800. The highest BCUT2D eigenvalue weighted by Gasteiger charge is 2.05. The summed E-state index contributed by atoms with van der Waals surface area (Å²) in [5.74, 6) is 0.694. The van der Waals surface area contributed by atoms with Crippen molar-refractivity contribution in [1.29, 1.82) is 0 Å². The lowest BCUT2D eigenvalue weighted by Crippen LogP contribution is -2.24. The molecular formula is C10H23NO. The van der Waals surface area contributed by atoms with Crippen molar-refractivity contribution in [2.75, 3.05) is 6.61 Å². The lowest BCUT2D eigenvalue weighted by atomic mass is 10.0. The molecule has 0 spiro atoms. The fraction of sp³-hybridized carbons (Fsp3) is 1.00. The number of nitrogens with two attached hydrogens (primary N) is 1. The van der Waals surface area contributed by atoms with E-state index < -0.39 is 0 Å². The van der Waals surface area contributed by atoms with Crippen molar-refractivity contribution in [3.8, 4) is 0 Å². The summed E-state index contributed by atoms with van der Waals surface area (Å²) in [5, 5.41) is 0. The first-order valence-corrected chi connectivity index (χ1v) is 4.89. The van der Waals surface area contributed by atoms with Gasteiger partial charge < -0.3 is 10.5 Å². The molecule has 0 aromatic rings. The fourth-order valence-electron chi connectivity index (χ4n) is 1.18. The van der Waals surface area contributed by atoms with Crippen LogP contribution in [-0.4, -0.2) is 18.8 Å². The molecule has 74 valence electrons. The average molecular weight is 173 g/mol. The molecule has 0 radical (unpaired) electrons. The van der Waals surface area contributed by atoms with Crippen molar-refractivity contribution >= 4 is 0 Å². The first-order chi connectivity index (χ1) is 5.52. The van der Waals surface area contributed by atoms with E-state index in [2.05, 4.69) is 13.8 Å². The second kappa shape index (κ2) is 6.44. The molecule has 0 aliphatic rings. The number of hydrogen-bond acceptors (Lipinski definition) is 2. The minimum atomic E-state index is 0.309. The average Bonchev–Trinajstić information content (AvgIpc) is 1.84. The van der Waals surface area contributed by atoms with Crippen LogP contribution in [0.2, 0.25) is 0 Å². The van der Waals surface area contributed by atoms with Crippen molar-refractivity contribution in [2.45, 2.75) is 52.7 Å². The van der Waals surface area contributed by atoms with Crippen molar-refractivity contribution < 1.29 is 4.74 Å². The molecule has 2 heteroatoms. The van der Waals surface area contributed by atoms with Gasteiger partial charge in [0.1, 0.15) is 0 Å². The maximum atomic E-state index is 5.88. The van der Waals surface area contributed by atoms with Gasteiger partial charge in [-0.05, 0) is 32.6 Å². The molecule has 0 heterocycles. The van der Waals surface area contributed by atoms with Crippen LogP contribution in [0.15, 0.2) is 0 Å². The molecule has 1 unspecified atom stereocenters. The predicted octanol–water partition coefficient (Wildman–Crippen LogP) is 2.17. The zero-order valence-electron chi connectivity index (χ0n) is 8.84.